The first kappa shape index (κ1) is 11.5. The SMILES string of the molecule is O=C1[C@@H]2[C@H]3C=C[C@@H]([C@@H]4C[C@@H]34)[C@H]2C(=O)N1c1cccc(O)c1. The molecule has 2 amide bonds. The van der Waals surface area contributed by atoms with E-state index >= 15 is 0 Å². The van der Waals surface area contributed by atoms with Gasteiger partial charge in [0.1, 0.15) is 5.75 Å². The molecule has 2 saturated carbocycles. The molecule has 3 fully saturated rings. The topological polar surface area (TPSA) is 57.6 Å². The minimum Gasteiger partial charge on any atom is -0.508 e. The van der Waals surface area contributed by atoms with Crippen molar-refractivity contribution in [3.05, 3.63) is 36.4 Å². The van der Waals surface area contributed by atoms with Crippen LogP contribution in [0.15, 0.2) is 36.4 Å². The fourth-order valence-electron chi connectivity index (χ4n) is 4.84. The maximum Gasteiger partial charge on any atom is 0.238 e. The molecule has 1 N–H and O–H groups in total. The third kappa shape index (κ3) is 1.30. The predicted octanol–water partition coefficient (Wildman–Crippen LogP) is 1.95. The summed E-state index contributed by atoms with van der Waals surface area (Å²) in [7, 11) is 0. The van der Waals surface area contributed by atoms with E-state index in [1.165, 1.54) is 17.4 Å². The molecule has 5 aliphatic rings. The highest BCUT2D eigenvalue weighted by atomic mass is 16.3. The lowest BCUT2D eigenvalue weighted by Crippen LogP contribution is -2.40. The largest absolute Gasteiger partial charge is 0.508 e. The van der Waals surface area contributed by atoms with Crippen LogP contribution in [-0.4, -0.2) is 16.9 Å². The molecule has 1 aromatic rings. The molecule has 1 heterocycles. The number of carbonyl (C=O) groups is 2. The lowest BCUT2D eigenvalue weighted by Gasteiger charge is -2.37. The summed E-state index contributed by atoms with van der Waals surface area (Å²) in [5, 5.41) is 9.61. The zero-order valence-electron chi connectivity index (χ0n) is 11.3. The van der Waals surface area contributed by atoms with Gasteiger partial charge in [-0.2, -0.15) is 0 Å². The van der Waals surface area contributed by atoms with E-state index < -0.39 is 0 Å². The quantitative estimate of drug-likeness (QED) is 0.632. The molecule has 4 aliphatic carbocycles. The summed E-state index contributed by atoms with van der Waals surface area (Å²) < 4.78 is 0. The number of imide groups is 1. The second kappa shape index (κ2) is 3.56. The highest BCUT2D eigenvalue weighted by Crippen LogP contribution is 2.65. The standard InChI is InChI=1S/C17H15NO3/c19-9-3-1-2-8(6-9)18-16(20)14-10-4-5-11(13-7-12(10)13)15(14)17(18)21/h1-6,10-15,19H,7H2/t10-,11-,12-,13-,14+,15+/m0/s1. The van der Waals surface area contributed by atoms with Crippen LogP contribution in [0.1, 0.15) is 6.42 Å². The number of hydrogen-bond acceptors (Lipinski definition) is 3. The van der Waals surface area contributed by atoms with Crippen molar-refractivity contribution in [3.63, 3.8) is 0 Å². The smallest absolute Gasteiger partial charge is 0.238 e. The van der Waals surface area contributed by atoms with Crippen molar-refractivity contribution < 1.29 is 14.7 Å². The number of rotatable bonds is 1. The number of anilines is 1. The maximum atomic E-state index is 12.8. The molecule has 1 saturated heterocycles. The number of amides is 2. The Morgan fingerprint density at radius 1 is 1.00 bits per heavy atom. The third-order valence-electron chi connectivity index (χ3n) is 5.75. The van der Waals surface area contributed by atoms with Gasteiger partial charge in [0.05, 0.1) is 17.5 Å². The molecule has 4 nitrogen and oxygen atoms in total. The van der Waals surface area contributed by atoms with E-state index in [9.17, 15) is 14.7 Å². The molecular formula is C17H15NO3. The van der Waals surface area contributed by atoms with E-state index in [0.717, 1.165) is 0 Å². The number of allylic oxidation sites excluding steroid dienone is 2. The van der Waals surface area contributed by atoms with Crippen LogP contribution in [0.25, 0.3) is 0 Å². The van der Waals surface area contributed by atoms with E-state index in [1.54, 1.807) is 18.2 Å². The van der Waals surface area contributed by atoms with Crippen molar-refractivity contribution >= 4 is 17.5 Å². The number of carbonyl (C=O) groups excluding carboxylic acids is 2. The maximum absolute atomic E-state index is 12.8. The van der Waals surface area contributed by atoms with E-state index in [4.69, 9.17) is 0 Å². The Labute approximate surface area is 122 Å². The summed E-state index contributed by atoms with van der Waals surface area (Å²) in [4.78, 5) is 26.9. The van der Waals surface area contributed by atoms with Gasteiger partial charge in [-0.25, -0.2) is 4.90 Å². The van der Waals surface area contributed by atoms with Gasteiger partial charge in [0.2, 0.25) is 11.8 Å². The van der Waals surface area contributed by atoms with Crippen molar-refractivity contribution in [3.8, 4) is 5.75 Å². The van der Waals surface area contributed by atoms with Gasteiger partial charge in [-0.3, -0.25) is 9.59 Å². The first-order valence-corrected chi connectivity index (χ1v) is 7.52. The van der Waals surface area contributed by atoms with Crippen molar-refractivity contribution in [2.24, 2.45) is 35.5 Å². The Morgan fingerprint density at radius 2 is 1.62 bits per heavy atom. The highest BCUT2D eigenvalue weighted by molar-refractivity contribution is 6.22. The second-order valence-corrected chi connectivity index (χ2v) is 6.69. The summed E-state index contributed by atoms with van der Waals surface area (Å²) in [6, 6.07) is 6.41. The Bertz CT molecular complexity index is 674. The summed E-state index contributed by atoms with van der Waals surface area (Å²) in [6.07, 6.45) is 5.50. The van der Waals surface area contributed by atoms with Crippen molar-refractivity contribution in [2.75, 3.05) is 4.90 Å². The van der Waals surface area contributed by atoms with Crippen LogP contribution < -0.4 is 4.90 Å². The van der Waals surface area contributed by atoms with Gasteiger partial charge >= 0.3 is 0 Å². The molecule has 1 aliphatic heterocycles. The average Bonchev–Trinajstić information content (AvgIpc) is 3.24. The molecule has 0 spiro atoms. The fourth-order valence-corrected chi connectivity index (χ4v) is 4.84. The molecule has 0 aromatic heterocycles. The van der Waals surface area contributed by atoms with Gasteiger partial charge in [-0.1, -0.05) is 18.2 Å². The minimum absolute atomic E-state index is 0.0758. The number of phenolic OH excluding ortho intramolecular Hbond substituents is 1. The van der Waals surface area contributed by atoms with Crippen LogP contribution in [0.5, 0.6) is 5.75 Å². The van der Waals surface area contributed by atoms with E-state index in [0.29, 0.717) is 17.5 Å². The molecule has 0 radical (unpaired) electrons. The minimum atomic E-state index is -0.182. The van der Waals surface area contributed by atoms with Gasteiger partial charge in [0, 0.05) is 6.07 Å². The molecular weight excluding hydrogens is 266 g/mol. The Balaban J connectivity index is 1.60. The first-order chi connectivity index (χ1) is 10.2. The second-order valence-electron chi connectivity index (χ2n) is 6.69. The highest BCUT2D eigenvalue weighted by Gasteiger charge is 2.67. The number of hydrogen-bond donors (Lipinski definition) is 1. The molecule has 0 unspecified atom stereocenters. The summed E-state index contributed by atoms with van der Waals surface area (Å²) in [5.74, 6) is 1.25. The molecule has 6 atom stereocenters. The first-order valence-electron chi connectivity index (χ1n) is 7.52. The van der Waals surface area contributed by atoms with Crippen LogP contribution >= 0.6 is 0 Å². The third-order valence-corrected chi connectivity index (χ3v) is 5.75. The van der Waals surface area contributed by atoms with E-state index in [1.807, 2.05) is 0 Å². The number of aromatic hydroxyl groups is 1. The van der Waals surface area contributed by atoms with Crippen molar-refractivity contribution in [2.45, 2.75) is 6.42 Å². The lowest BCUT2D eigenvalue weighted by molar-refractivity contribution is -0.124. The van der Waals surface area contributed by atoms with Crippen molar-refractivity contribution in [1.82, 2.24) is 0 Å². The van der Waals surface area contributed by atoms with Crippen LogP contribution in [0.4, 0.5) is 5.69 Å². The fraction of sp³-hybridized carbons (Fsp3) is 0.412. The van der Waals surface area contributed by atoms with E-state index in [-0.39, 0.29) is 41.2 Å². The van der Waals surface area contributed by atoms with Gasteiger partial charge in [0.25, 0.3) is 0 Å². The predicted molar refractivity (Wildman–Crippen MR) is 75.3 cm³/mol. The molecule has 106 valence electrons. The zero-order valence-corrected chi connectivity index (χ0v) is 11.3. The van der Waals surface area contributed by atoms with Crippen LogP contribution in [0.2, 0.25) is 0 Å². The Hall–Kier alpha value is -2.10. The average molecular weight is 281 g/mol. The molecule has 6 rings (SSSR count). The Morgan fingerprint density at radius 3 is 2.19 bits per heavy atom. The summed E-state index contributed by atoms with van der Waals surface area (Å²) in [6.45, 7) is 0. The van der Waals surface area contributed by atoms with Crippen LogP contribution in [-0.2, 0) is 9.59 Å². The van der Waals surface area contributed by atoms with Gasteiger partial charge in [-0.15, -0.1) is 0 Å². The van der Waals surface area contributed by atoms with E-state index in [2.05, 4.69) is 12.2 Å². The van der Waals surface area contributed by atoms with Crippen molar-refractivity contribution in [1.29, 1.82) is 0 Å². The zero-order chi connectivity index (χ0) is 14.3. The van der Waals surface area contributed by atoms with Gasteiger partial charge in [0.15, 0.2) is 0 Å². The molecule has 2 bridgehead atoms. The number of nitrogens with zero attached hydrogens (tertiary/aromatic N) is 1. The molecule has 21 heavy (non-hydrogen) atoms. The van der Waals surface area contributed by atoms with Crippen LogP contribution in [0.3, 0.4) is 0 Å². The van der Waals surface area contributed by atoms with Crippen LogP contribution in [0, 0.1) is 35.5 Å². The lowest BCUT2D eigenvalue weighted by atomic mass is 9.63. The van der Waals surface area contributed by atoms with Gasteiger partial charge < -0.3 is 5.11 Å². The number of phenols is 1. The molecule has 4 heteroatoms. The van der Waals surface area contributed by atoms with Gasteiger partial charge in [-0.05, 0) is 42.2 Å². The Kier molecular flexibility index (Phi) is 1.96. The monoisotopic (exact) mass is 281 g/mol. The summed E-state index contributed by atoms with van der Waals surface area (Å²) in [5.41, 5.74) is 0.493. The molecule has 1 aromatic carbocycles. The number of benzene rings is 1. The summed E-state index contributed by atoms with van der Waals surface area (Å²) >= 11 is 0. The normalized spacial score (nSPS) is 42.2.